The van der Waals surface area contributed by atoms with E-state index >= 15 is 0 Å². The molecule has 0 saturated carbocycles. The minimum absolute atomic E-state index is 0.0961. The summed E-state index contributed by atoms with van der Waals surface area (Å²) >= 11 is 1.42. The molecule has 0 fully saturated rings. The summed E-state index contributed by atoms with van der Waals surface area (Å²) in [5, 5.41) is 10.4. The molecule has 0 bridgehead atoms. The lowest BCUT2D eigenvalue weighted by Gasteiger charge is -2.08. The Hall–Kier alpha value is -2.64. The molecule has 3 heterocycles. The van der Waals surface area contributed by atoms with Gasteiger partial charge in [0.2, 0.25) is 0 Å². The number of hydrogen-bond acceptors (Lipinski definition) is 5. The van der Waals surface area contributed by atoms with Gasteiger partial charge in [0.05, 0.1) is 17.9 Å². The van der Waals surface area contributed by atoms with Crippen LogP contribution in [0.5, 0.6) is 0 Å². The van der Waals surface area contributed by atoms with Gasteiger partial charge in [-0.3, -0.25) is 9.20 Å². The number of nitrogens with zero attached hydrogens (tertiary/aromatic N) is 4. The van der Waals surface area contributed by atoms with E-state index in [1.54, 1.807) is 7.11 Å². The van der Waals surface area contributed by atoms with Crippen LogP contribution in [0.15, 0.2) is 47.6 Å². The normalized spacial score (nSPS) is 11.5. The van der Waals surface area contributed by atoms with Crippen LogP contribution in [0.2, 0.25) is 0 Å². The van der Waals surface area contributed by atoms with Crippen molar-refractivity contribution in [3.8, 4) is 0 Å². The number of thioether (sulfide) groups is 1. The highest BCUT2D eigenvalue weighted by molar-refractivity contribution is 7.99. The van der Waals surface area contributed by atoms with Crippen LogP contribution in [0.4, 0.5) is 0 Å². The third kappa shape index (κ3) is 3.31. The van der Waals surface area contributed by atoms with Crippen LogP contribution in [-0.4, -0.2) is 44.4 Å². The van der Waals surface area contributed by atoms with Crippen molar-refractivity contribution < 1.29 is 9.53 Å². The Labute approximate surface area is 167 Å². The number of pyridine rings is 1. The molecule has 6 nitrogen and oxygen atoms in total. The zero-order valence-corrected chi connectivity index (χ0v) is 17.0. The molecule has 4 rings (SSSR count). The fourth-order valence-electron chi connectivity index (χ4n) is 3.52. The molecule has 0 radical (unpaired) electrons. The number of aromatic nitrogens is 4. The van der Waals surface area contributed by atoms with E-state index in [1.807, 2.05) is 54.6 Å². The molecule has 4 aromatic rings. The Balaban J connectivity index is 1.58. The number of Topliss-reactive ketones (excluding diaryl/α,β-unsaturated/α-hetero) is 1. The maximum absolute atomic E-state index is 12.9. The summed E-state index contributed by atoms with van der Waals surface area (Å²) in [5.41, 5.74) is 4.64. The second kappa shape index (κ2) is 7.77. The summed E-state index contributed by atoms with van der Waals surface area (Å²) in [5.74, 6) is 0.414. The monoisotopic (exact) mass is 394 g/mol. The Bertz CT molecular complexity index is 1160. The summed E-state index contributed by atoms with van der Waals surface area (Å²) in [6.45, 7) is 5.37. The predicted octanol–water partition coefficient (Wildman–Crippen LogP) is 3.92. The van der Waals surface area contributed by atoms with Gasteiger partial charge < -0.3 is 9.30 Å². The van der Waals surface area contributed by atoms with Gasteiger partial charge in [0.15, 0.2) is 16.6 Å². The van der Waals surface area contributed by atoms with Crippen LogP contribution < -0.4 is 0 Å². The van der Waals surface area contributed by atoms with Crippen molar-refractivity contribution in [3.63, 3.8) is 0 Å². The predicted molar refractivity (Wildman–Crippen MR) is 111 cm³/mol. The quantitative estimate of drug-likeness (QED) is 0.351. The van der Waals surface area contributed by atoms with Gasteiger partial charge >= 0.3 is 0 Å². The molecule has 0 atom stereocenters. The van der Waals surface area contributed by atoms with E-state index in [0.717, 1.165) is 45.2 Å². The first kappa shape index (κ1) is 18.7. The Kier molecular flexibility index (Phi) is 5.19. The van der Waals surface area contributed by atoms with E-state index < -0.39 is 0 Å². The van der Waals surface area contributed by atoms with Gasteiger partial charge in [0.25, 0.3) is 0 Å². The van der Waals surface area contributed by atoms with Crippen LogP contribution in [0.25, 0.3) is 16.6 Å². The SMILES string of the molecule is COCCn1c(C)cc(C(=O)CSc2nnc3ccc4ccccc4n23)c1C. The molecule has 0 saturated heterocycles. The summed E-state index contributed by atoms with van der Waals surface area (Å²) < 4.78 is 9.31. The number of ketones is 1. The zero-order chi connectivity index (χ0) is 19.7. The molecule has 144 valence electrons. The van der Waals surface area contributed by atoms with Gasteiger partial charge in [-0.05, 0) is 43.5 Å². The lowest BCUT2D eigenvalue weighted by Crippen LogP contribution is -2.09. The van der Waals surface area contributed by atoms with Gasteiger partial charge in [-0.15, -0.1) is 10.2 Å². The summed E-state index contributed by atoms with van der Waals surface area (Å²) in [6, 6.07) is 14.1. The minimum Gasteiger partial charge on any atom is -0.383 e. The molecule has 0 aliphatic rings. The van der Waals surface area contributed by atoms with E-state index in [9.17, 15) is 4.79 Å². The number of carbonyl (C=O) groups excluding carboxylic acids is 1. The van der Waals surface area contributed by atoms with Crippen molar-refractivity contribution in [3.05, 3.63) is 59.4 Å². The average Bonchev–Trinajstić information content (AvgIpc) is 3.25. The number of ether oxygens (including phenoxy) is 1. The lowest BCUT2D eigenvalue weighted by molar-refractivity contribution is 0.102. The van der Waals surface area contributed by atoms with E-state index in [0.29, 0.717) is 12.4 Å². The van der Waals surface area contributed by atoms with Crippen molar-refractivity contribution in [2.75, 3.05) is 19.5 Å². The topological polar surface area (TPSA) is 61.4 Å². The number of aryl methyl sites for hydroxylation is 1. The highest BCUT2D eigenvalue weighted by Crippen LogP contribution is 2.25. The number of carbonyl (C=O) groups is 1. The number of hydrogen-bond donors (Lipinski definition) is 0. The van der Waals surface area contributed by atoms with E-state index in [2.05, 4.69) is 20.8 Å². The van der Waals surface area contributed by atoms with Crippen LogP contribution in [-0.2, 0) is 11.3 Å². The van der Waals surface area contributed by atoms with E-state index in [1.165, 1.54) is 11.8 Å². The Morgan fingerprint density at radius 3 is 2.79 bits per heavy atom. The molecule has 7 heteroatoms. The molecule has 0 unspecified atom stereocenters. The zero-order valence-electron chi connectivity index (χ0n) is 16.2. The van der Waals surface area contributed by atoms with Crippen molar-refractivity contribution in [1.29, 1.82) is 0 Å². The van der Waals surface area contributed by atoms with Crippen LogP contribution >= 0.6 is 11.8 Å². The summed E-state index contributed by atoms with van der Waals surface area (Å²) in [7, 11) is 1.68. The molecular weight excluding hydrogens is 372 g/mol. The van der Waals surface area contributed by atoms with Crippen molar-refractivity contribution in [2.45, 2.75) is 25.5 Å². The highest BCUT2D eigenvalue weighted by Gasteiger charge is 2.17. The molecule has 0 amide bonds. The second-order valence-corrected chi connectivity index (χ2v) is 7.65. The first-order chi connectivity index (χ1) is 13.6. The van der Waals surface area contributed by atoms with Gasteiger partial charge in [-0.2, -0.15) is 0 Å². The van der Waals surface area contributed by atoms with Gasteiger partial charge in [0, 0.05) is 30.6 Å². The lowest BCUT2D eigenvalue weighted by atomic mass is 10.2. The molecule has 28 heavy (non-hydrogen) atoms. The number of rotatable bonds is 7. The molecule has 0 N–H and O–H groups in total. The van der Waals surface area contributed by atoms with Crippen LogP contribution in [0.1, 0.15) is 21.7 Å². The number of para-hydroxylation sites is 1. The maximum Gasteiger partial charge on any atom is 0.196 e. The minimum atomic E-state index is 0.0961. The third-order valence-corrected chi connectivity index (χ3v) is 5.90. The molecule has 0 aliphatic carbocycles. The summed E-state index contributed by atoms with van der Waals surface area (Å²) in [4.78, 5) is 12.9. The first-order valence-corrected chi connectivity index (χ1v) is 10.1. The number of methoxy groups -OCH3 is 1. The number of fused-ring (bicyclic) bond motifs is 3. The van der Waals surface area contributed by atoms with Crippen molar-refractivity contribution in [2.24, 2.45) is 0 Å². The fraction of sp³-hybridized carbons (Fsp3) is 0.286. The first-order valence-electron chi connectivity index (χ1n) is 9.14. The van der Waals surface area contributed by atoms with Crippen molar-refractivity contribution in [1.82, 2.24) is 19.2 Å². The molecule has 3 aromatic heterocycles. The van der Waals surface area contributed by atoms with E-state index in [-0.39, 0.29) is 5.78 Å². The maximum atomic E-state index is 12.9. The largest absolute Gasteiger partial charge is 0.383 e. The van der Waals surface area contributed by atoms with Gasteiger partial charge in [-0.25, -0.2) is 0 Å². The standard InChI is InChI=1S/C21H22N4O2S/c1-14-12-17(15(2)24(14)10-11-27-3)19(26)13-28-21-23-22-20-9-8-16-6-4-5-7-18(16)25(20)21/h4-9,12H,10-11,13H2,1-3H3. The average molecular weight is 395 g/mol. The molecular formula is C21H22N4O2S. The highest BCUT2D eigenvalue weighted by atomic mass is 32.2. The van der Waals surface area contributed by atoms with E-state index in [4.69, 9.17) is 4.74 Å². The van der Waals surface area contributed by atoms with Crippen LogP contribution in [0.3, 0.4) is 0 Å². The molecule has 1 aromatic carbocycles. The Morgan fingerprint density at radius 2 is 1.96 bits per heavy atom. The van der Waals surface area contributed by atoms with Crippen molar-refractivity contribution >= 4 is 34.1 Å². The van der Waals surface area contributed by atoms with Gasteiger partial charge in [-0.1, -0.05) is 30.0 Å². The number of benzene rings is 1. The Morgan fingerprint density at radius 1 is 1.14 bits per heavy atom. The molecule has 0 spiro atoms. The summed E-state index contributed by atoms with van der Waals surface area (Å²) in [6.07, 6.45) is 0. The van der Waals surface area contributed by atoms with Gasteiger partial charge in [0.1, 0.15) is 0 Å². The fourth-order valence-corrected chi connectivity index (χ4v) is 4.36. The smallest absolute Gasteiger partial charge is 0.196 e. The second-order valence-electron chi connectivity index (χ2n) is 6.71. The molecule has 0 aliphatic heterocycles. The third-order valence-electron chi connectivity index (χ3n) is 4.97. The van der Waals surface area contributed by atoms with Crippen LogP contribution in [0, 0.1) is 13.8 Å².